The van der Waals surface area contributed by atoms with Crippen LogP contribution in [0.5, 0.6) is 0 Å². The number of hydrogen-bond acceptors (Lipinski definition) is 3. The lowest BCUT2D eigenvalue weighted by atomic mass is 10.2. The van der Waals surface area contributed by atoms with Crippen molar-refractivity contribution < 1.29 is 14.3 Å². The molecule has 0 spiro atoms. The lowest BCUT2D eigenvalue weighted by Gasteiger charge is -2.09. The molecule has 0 radical (unpaired) electrons. The van der Waals surface area contributed by atoms with Gasteiger partial charge < -0.3 is 10.1 Å². The molecule has 2 rings (SSSR count). The van der Waals surface area contributed by atoms with Gasteiger partial charge in [0.2, 0.25) is 0 Å². The summed E-state index contributed by atoms with van der Waals surface area (Å²) in [7, 11) is 0. The van der Waals surface area contributed by atoms with Gasteiger partial charge in [0.25, 0.3) is 5.91 Å². The largest absolute Gasteiger partial charge is 0.452 e. The van der Waals surface area contributed by atoms with Crippen molar-refractivity contribution in [3.8, 4) is 0 Å². The van der Waals surface area contributed by atoms with Crippen molar-refractivity contribution in [3.05, 3.63) is 63.1 Å². The Bertz CT molecular complexity index is 719. The zero-order valence-electron chi connectivity index (χ0n) is 11.1. The molecule has 1 amide bonds. The highest BCUT2D eigenvalue weighted by Crippen LogP contribution is 2.25. The molecule has 0 atom stereocenters. The van der Waals surface area contributed by atoms with Gasteiger partial charge in [-0.25, -0.2) is 4.79 Å². The third kappa shape index (κ3) is 4.37. The van der Waals surface area contributed by atoms with E-state index >= 15 is 0 Å². The second-order valence-corrected chi connectivity index (χ2v) is 5.48. The Balaban J connectivity index is 1.94. The normalized spacial score (nSPS) is 10.1. The van der Waals surface area contributed by atoms with E-state index in [1.54, 1.807) is 30.3 Å². The fraction of sp³-hybridized carbons (Fsp3) is 0.0667. The van der Waals surface area contributed by atoms with Crippen molar-refractivity contribution >= 4 is 52.4 Å². The summed E-state index contributed by atoms with van der Waals surface area (Å²) < 4.78 is 4.90. The molecule has 0 saturated heterocycles. The molecule has 0 heterocycles. The van der Waals surface area contributed by atoms with Gasteiger partial charge in [-0.3, -0.25) is 4.79 Å². The minimum absolute atomic E-state index is 0.192. The highest BCUT2D eigenvalue weighted by molar-refractivity contribution is 6.35. The number of amides is 1. The van der Waals surface area contributed by atoms with Crippen LogP contribution >= 0.6 is 34.8 Å². The highest BCUT2D eigenvalue weighted by atomic mass is 35.5. The van der Waals surface area contributed by atoms with Gasteiger partial charge in [-0.15, -0.1) is 0 Å². The Kier molecular flexibility index (Phi) is 5.66. The van der Waals surface area contributed by atoms with Crippen LogP contribution in [0.2, 0.25) is 15.1 Å². The summed E-state index contributed by atoms with van der Waals surface area (Å²) in [6.45, 7) is -0.465. The van der Waals surface area contributed by atoms with Crippen molar-refractivity contribution in [2.45, 2.75) is 0 Å². The van der Waals surface area contributed by atoms with Crippen molar-refractivity contribution in [1.29, 1.82) is 0 Å². The molecule has 7 heteroatoms. The van der Waals surface area contributed by atoms with Crippen LogP contribution in [0.15, 0.2) is 42.5 Å². The quantitative estimate of drug-likeness (QED) is 0.822. The fourth-order valence-electron chi connectivity index (χ4n) is 1.62. The van der Waals surface area contributed by atoms with Gasteiger partial charge in [0.1, 0.15) is 0 Å². The van der Waals surface area contributed by atoms with Crippen molar-refractivity contribution in [2.75, 3.05) is 11.9 Å². The molecular formula is C15H10Cl3NO3. The number of carbonyl (C=O) groups excluding carboxylic acids is 2. The van der Waals surface area contributed by atoms with Crippen LogP contribution in [0.25, 0.3) is 0 Å². The second kappa shape index (κ2) is 7.49. The topological polar surface area (TPSA) is 55.4 Å². The third-order valence-corrected chi connectivity index (χ3v) is 3.52. The van der Waals surface area contributed by atoms with E-state index in [9.17, 15) is 9.59 Å². The summed E-state index contributed by atoms with van der Waals surface area (Å²) in [5.74, 6) is -1.22. The van der Waals surface area contributed by atoms with Crippen LogP contribution in [0.3, 0.4) is 0 Å². The molecule has 0 bridgehead atoms. The van der Waals surface area contributed by atoms with E-state index in [0.717, 1.165) is 0 Å². The zero-order valence-corrected chi connectivity index (χ0v) is 13.4. The van der Waals surface area contributed by atoms with Gasteiger partial charge in [-0.2, -0.15) is 0 Å². The molecule has 22 heavy (non-hydrogen) atoms. The zero-order chi connectivity index (χ0) is 16.1. The summed E-state index contributed by atoms with van der Waals surface area (Å²) in [5.41, 5.74) is 0.533. The van der Waals surface area contributed by atoms with Crippen LogP contribution in [0, 0.1) is 0 Å². The van der Waals surface area contributed by atoms with E-state index in [4.69, 9.17) is 39.5 Å². The smallest absolute Gasteiger partial charge is 0.340 e. The Morgan fingerprint density at radius 1 is 1.00 bits per heavy atom. The molecule has 0 unspecified atom stereocenters. The number of ether oxygens (including phenoxy) is 1. The number of esters is 1. The molecule has 114 valence electrons. The maximum atomic E-state index is 11.8. The van der Waals surface area contributed by atoms with Crippen LogP contribution in [-0.4, -0.2) is 18.5 Å². The van der Waals surface area contributed by atoms with Crippen LogP contribution in [0.4, 0.5) is 5.69 Å². The average Bonchev–Trinajstić information content (AvgIpc) is 2.49. The van der Waals surface area contributed by atoms with Crippen molar-refractivity contribution in [1.82, 2.24) is 0 Å². The monoisotopic (exact) mass is 357 g/mol. The number of benzene rings is 2. The number of anilines is 1. The van der Waals surface area contributed by atoms with Crippen LogP contribution in [-0.2, 0) is 9.53 Å². The Morgan fingerprint density at radius 3 is 2.45 bits per heavy atom. The summed E-state index contributed by atoms with van der Waals surface area (Å²) >= 11 is 17.6. The number of halogens is 3. The fourth-order valence-corrected chi connectivity index (χ4v) is 2.16. The molecule has 4 nitrogen and oxygen atoms in total. The molecule has 0 aliphatic rings. The molecule has 0 saturated carbocycles. The first-order valence-corrected chi connectivity index (χ1v) is 7.27. The molecule has 1 N–H and O–H groups in total. The Hall–Kier alpha value is -1.75. The summed E-state index contributed by atoms with van der Waals surface area (Å²) in [5, 5.41) is 3.52. The lowest BCUT2D eigenvalue weighted by Crippen LogP contribution is -2.21. The third-order valence-electron chi connectivity index (χ3n) is 2.63. The molecular weight excluding hydrogens is 349 g/mol. The highest BCUT2D eigenvalue weighted by Gasteiger charge is 2.14. The van der Waals surface area contributed by atoms with Crippen LogP contribution in [0.1, 0.15) is 10.4 Å². The predicted octanol–water partition coefficient (Wildman–Crippen LogP) is 4.44. The van der Waals surface area contributed by atoms with Gasteiger partial charge in [0.05, 0.1) is 21.3 Å². The number of hydrogen-bond donors (Lipinski definition) is 1. The predicted molar refractivity (Wildman–Crippen MR) is 86.8 cm³/mol. The summed E-state index contributed by atoms with van der Waals surface area (Å²) in [4.78, 5) is 23.6. The van der Waals surface area contributed by atoms with Crippen molar-refractivity contribution in [2.24, 2.45) is 0 Å². The second-order valence-electron chi connectivity index (χ2n) is 4.23. The number of rotatable bonds is 4. The minimum Gasteiger partial charge on any atom is -0.452 e. The van der Waals surface area contributed by atoms with Gasteiger partial charge in [0, 0.05) is 5.02 Å². The Morgan fingerprint density at radius 2 is 1.73 bits per heavy atom. The minimum atomic E-state index is -0.682. The molecule has 0 aliphatic heterocycles. The van der Waals surface area contributed by atoms with E-state index in [0.29, 0.717) is 15.7 Å². The van der Waals surface area contributed by atoms with E-state index in [1.165, 1.54) is 12.1 Å². The molecule has 0 aromatic heterocycles. The SMILES string of the molecule is O=C(COC(=O)c1ccccc1Cl)Nc1cc(Cl)ccc1Cl. The first kappa shape index (κ1) is 16.6. The molecule has 2 aromatic rings. The van der Waals surface area contributed by atoms with Crippen molar-refractivity contribution in [3.63, 3.8) is 0 Å². The summed E-state index contributed by atoms with van der Waals surface area (Å²) in [6, 6.07) is 11.0. The maximum absolute atomic E-state index is 11.8. The van der Waals surface area contributed by atoms with E-state index in [-0.39, 0.29) is 10.6 Å². The Labute approximate surface area is 141 Å². The summed E-state index contributed by atoms with van der Waals surface area (Å²) in [6.07, 6.45) is 0. The standard InChI is InChI=1S/C15H10Cl3NO3/c16-9-5-6-12(18)13(7-9)19-14(20)8-22-15(21)10-3-1-2-4-11(10)17/h1-7H,8H2,(H,19,20). The molecule has 0 fully saturated rings. The van der Waals surface area contributed by atoms with Gasteiger partial charge in [-0.1, -0.05) is 46.9 Å². The maximum Gasteiger partial charge on any atom is 0.340 e. The number of nitrogens with one attached hydrogen (secondary N) is 1. The first-order chi connectivity index (χ1) is 10.5. The van der Waals surface area contributed by atoms with E-state index < -0.39 is 18.5 Å². The molecule has 0 aliphatic carbocycles. The lowest BCUT2D eigenvalue weighted by molar-refractivity contribution is -0.119. The molecule has 2 aromatic carbocycles. The van der Waals surface area contributed by atoms with Gasteiger partial charge >= 0.3 is 5.97 Å². The van der Waals surface area contributed by atoms with Gasteiger partial charge in [-0.05, 0) is 30.3 Å². The van der Waals surface area contributed by atoms with E-state index in [2.05, 4.69) is 5.32 Å². The van der Waals surface area contributed by atoms with Crippen LogP contribution < -0.4 is 5.32 Å². The van der Waals surface area contributed by atoms with E-state index in [1.807, 2.05) is 0 Å². The number of carbonyl (C=O) groups is 2. The first-order valence-electron chi connectivity index (χ1n) is 6.14. The van der Waals surface area contributed by atoms with Gasteiger partial charge in [0.15, 0.2) is 6.61 Å². The average molecular weight is 359 g/mol.